The number of carboxylic acids is 1. The van der Waals surface area contributed by atoms with Crippen LogP contribution in [-0.2, 0) is 12.8 Å². The van der Waals surface area contributed by atoms with E-state index in [1.807, 2.05) is 0 Å². The van der Waals surface area contributed by atoms with Crippen molar-refractivity contribution in [2.45, 2.75) is 12.8 Å². The summed E-state index contributed by atoms with van der Waals surface area (Å²) in [6.07, 6.45) is 3.97. The molecule has 5 nitrogen and oxygen atoms in total. The van der Waals surface area contributed by atoms with Gasteiger partial charge >= 0.3 is 5.97 Å². The average molecular weight is 286 g/mol. The minimum atomic E-state index is -1.34. The highest BCUT2D eigenvalue weighted by Gasteiger charge is 2.18. The molecule has 108 valence electrons. The zero-order chi connectivity index (χ0) is 15.6. The normalized spacial score (nSPS) is 10.5. The molecule has 5 heteroatoms. The standard InChI is InChI=1S/C16H14O5/c1-3-5-9-7-10(6-4-2)15-13(14(9)18)11(17)8-12(21-15)16(19)20/h3-4,7-8,18H,1-2,5-6H2,(H,19,20). The average Bonchev–Trinajstić information content (AvgIpc) is 2.43. The van der Waals surface area contributed by atoms with Gasteiger partial charge in [0.2, 0.25) is 5.76 Å². The molecule has 0 spiro atoms. The number of fused-ring (bicyclic) bond motifs is 1. The first-order chi connectivity index (χ1) is 9.99. The molecule has 0 unspecified atom stereocenters. The van der Waals surface area contributed by atoms with Crippen LogP contribution in [0.4, 0.5) is 0 Å². The van der Waals surface area contributed by atoms with Gasteiger partial charge in [0.05, 0.1) is 0 Å². The largest absolute Gasteiger partial charge is 0.507 e. The number of hydrogen-bond donors (Lipinski definition) is 2. The van der Waals surface area contributed by atoms with E-state index in [0.717, 1.165) is 6.07 Å². The molecule has 1 aromatic carbocycles. The van der Waals surface area contributed by atoms with Crippen molar-refractivity contribution in [3.8, 4) is 5.75 Å². The van der Waals surface area contributed by atoms with Gasteiger partial charge in [-0.15, -0.1) is 13.2 Å². The van der Waals surface area contributed by atoms with E-state index < -0.39 is 17.2 Å². The lowest BCUT2D eigenvalue weighted by atomic mass is 10.00. The van der Waals surface area contributed by atoms with E-state index in [-0.39, 0.29) is 16.7 Å². The zero-order valence-electron chi connectivity index (χ0n) is 11.3. The van der Waals surface area contributed by atoms with Gasteiger partial charge in [-0.3, -0.25) is 4.79 Å². The van der Waals surface area contributed by atoms with Gasteiger partial charge in [0, 0.05) is 6.07 Å². The lowest BCUT2D eigenvalue weighted by Gasteiger charge is -2.10. The topological polar surface area (TPSA) is 87.7 Å². The Bertz CT molecular complexity index is 798. The highest BCUT2D eigenvalue weighted by Crippen LogP contribution is 2.31. The maximum absolute atomic E-state index is 12.1. The number of benzene rings is 1. The van der Waals surface area contributed by atoms with Crippen molar-refractivity contribution in [1.82, 2.24) is 0 Å². The van der Waals surface area contributed by atoms with Gasteiger partial charge in [0.25, 0.3) is 0 Å². The van der Waals surface area contributed by atoms with Crippen LogP contribution in [0.5, 0.6) is 5.75 Å². The van der Waals surface area contributed by atoms with E-state index in [9.17, 15) is 14.7 Å². The van der Waals surface area contributed by atoms with E-state index in [4.69, 9.17) is 9.52 Å². The molecule has 0 amide bonds. The lowest BCUT2D eigenvalue weighted by Crippen LogP contribution is -2.08. The Labute approximate surface area is 120 Å². The minimum Gasteiger partial charge on any atom is -0.507 e. The van der Waals surface area contributed by atoms with Crippen LogP contribution < -0.4 is 5.43 Å². The lowest BCUT2D eigenvalue weighted by molar-refractivity contribution is 0.0663. The van der Waals surface area contributed by atoms with Gasteiger partial charge in [-0.25, -0.2) is 4.79 Å². The summed E-state index contributed by atoms with van der Waals surface area (Å²) in [5, 5.41) is 19.2. The molecule has 0 aliphatic heterocycles. The molecule has 0 bridgehead atoms. The Hall–Kier alpha value is -2.82. The maximum Gasteiger partial charge on any atom is 0.371 e. The fourth-order valence-corrected chi connectivity index (χ4v) is 2.17. The second-order valence-corrected chi connectivity index (χ2v) is 4.51. The predicted octanol–water partition coefficient (Wildman–Crippen LogP) is 2.65. The Balaban J connectivity index is 2.92. The predicted molar refractivity (Wildman–Crippen MR) is 78.9 cm³/mol. The van der Waals surface area contributed by atoms with Gasteiger partial charge in [0.1, 0.15) is 16.7 Å². The molecule has 0 atom stereocenters. The van der Waals surface area contributed by atoms with Crippen LogP contribution in [0.25, 0.3) is 11.0 Å². The number of allylic oxidation sites excluding steroid dienone is 2. The summed E-state index contributed by atoms with van der Waals surface area (Å²) in [5.74, 6) is -2.01. The molecular formula is C16H14O5. The number of aromatic hydroxyl groups is 1. The van der Waals surface area contributed by atoms with E-state index in [2.05, 4.69) is 13.2 Å². The van der Waals surface area contributed by atoms with Crippen molar-refractivity contribution in [3.63, 3.8) is 0 Å². The second kappa shape index (κ2) is 5.66. The molecule has 2 aromatic rings. The van der Waals surface area contributed by atoms with Crippen molar-refractivity contribution in [1.29, 1.82) is 0 Å². The first-order valence-electron chi connectivity index (χ1n) is 6.26. The number of phenolic OH excluding ortho intramolecular Hbond substituents is 1. The molecule has 0 aliphatic carbocycles. The summed E-state index contributed by atoms with van der Waals surface area (Å²) in [4.78, 5) is 23.1. The molecule has 0 saturated carbocycles. The Morgan fingerprint density at radius 1 is 1.19 bits per heavy atom. The van der Waals surface area contributed by atoms with Crippen LogP contribution in [-0.4, -0.2) is 16.2 Å². The summed E-state index contributed by atoms with van der Waals surface area (Å²) in [5.41, 5.74) is 0.604. The second-order valence-electron chi connectivity index (χ2n) is 4.51. The molecule has 0 saturated heterocycles. The summed E-state index contributed by atoms with van der Waals surface area (Å²) >= 11 is 0. The first-order valence-corrected chi connectivity index (χ1v) is 6.26. The van der Waals surface area contributed by atoms with Crippen molar-refractivity contribution < 1.29 is 19.4 Å². The van der Waals surface area contributed by atoms with E-state index >= 15 is 0 Å². The third-order valence-electron chi connectivity index (χ3n) is 3.07. The molecule has 0 fully saturated rings. The highest BCUT2D eigenvalue weighted by atomic mass is 16.4. The van der Waals surface area contributed by atoms with Crippen LogP contribution in [0.1, 0.15) is 21.7 Å². The Morgan fingerprint density at radius 2 is 1.81 bits per heavy atom. The molecule has 1 heterocycles. The SMILES string of the molecule is C=CCc1cc(CC=C)c2oc(C(=O)O)cc(=O)c2c1O. The number of hydrogen-bond acceptors (Lipinski definition) is 4. The Kier molecular flexibility index (Phi) is 3.93. The monoisotopic (exact) mass is 286 g/mol. The molecule has 1 aromatic heterocycles. The Morgan fingerprint density at radius 3 is 2.38 bits per heavy atom. The fraction of sp³-hybridized carbons (Fsp3) is 0.125. The number of carbonyl (C=O) groups is 1. The van der Waals surface area contributed by atoms with Crippen LogP contribution in [0.3, 0.4) is 0 Å². The molecule has 21 heavy (non-hydrogen) atoms. The smallest absolute Gasteiger partial charge is 0.371 e. The van der Waals surface area contributed by atoms with Gasteiger partial charge in [-0.2, -0.15) is 0 Å². The number of rotatable bonds is 5. The summed E-state index contributed by atoms with van der Waals surface area (Å²) in [6.45, 7) is 7.22. The molecule has 0 radical (unpaired) electrons. The van der Waals surface area contributed by atoms with Crippen LogP contribution in [0.2, 0.25) is 0 Å². The van der Waals surface area contributed by atoms with E-state index in [1.54, 1.807) is 18.2 Å². The number of phenols is 1. The quantitative estimate of drug-likeness (QED) is 0.825. The van der Waals surface area contributed by atoms with Gasteiger partial charge in [-0.05, 0) is 30.0 Å². The van der Waals surface area contributed by atoms with Crippen molar-refractivity contribution >= 4 is 16.9 Å². The number of carboxylic acid groups (broad SMARTS) is 1. The summed E-state index contributed by atoms with van der Waals surface area (Å²) in [6, 6.07) is 2.52. The van der Waals surface area contributed by atoms with E-state index in [1.165, 1.54) is 0 Å². The third kappa shape index (κ3) is 2.58. The third-order valence-corrected chi connectivity index (χ3v) is 3.07. The maximum atomic E-state index is 12.1. The van der Waals surface area contributed by atoms with Crippen molar-refractivity contribution in [2.75, 3.05) is 0 Å². The zero-order valence-corrected chi connectivity index (χ0v) is 11.3. The number of aromatic carboxylic acids is 1. The molecule has 2 rings (SSSR count). The summed E-state index contributed by atoms with van der Waals surface area (Å²) < 4.78 is 5.27. The van der Waals surface area contributed by atoms with Gasteiger partial charge < -0.3 is 14.6 Å². The van der Waals surface area contributed by atoms with Crippen LogP contribution in [0.15, 0.2) is 46.7 Å². The van der Waals surface area contributed by atoms with E-state index in [0.29, 0.717) is 24.0 Å². The van der Waals surface area contributed by atoms with Crippen molar-refractivity contribution in [3.05, 3.63) is 64.6 Å². The minimum absolute atomic E-state index is 0.0174. The first kappa shape index (κ1) is 14.6. The molecular weight excluding hydrogens is 272 g/mol. The van der Waals surface area contributed by atoms with Gasteiger partial charge in [-0.1, -0.05) is 12.2 Å². The summed E-state index contributed by atoms with van der Waals surface area (Å²) in [7, 11) is 0. The molecule has 0 aliphatic rings. The van der Waals surface area contributed by atoms with Crippen LogP contribution >= 0.6 is 0 Å². The fourth-order valence-electron chi connectivity index (χ4n) is 2.17. The van der Waals surface area contributed by atoms with Crippen LogP contribution in [0, 0.1) is 0 Å². The highest BCUT2D eigenvalue weighted by molar-refractivity contribution is 5.91. The van der Waals surface area contributed by atoms with Crippen molar-refractivity contribution in [2.24, 2.45) is 0 Å². The molecule has 2 N–H and O–H groups in total. The van der Waals surface area contributed by atoms with Gasteiger partial charge in [0.15, 0.2) is 5.43 Å².